The molecule has 2 heterocycles. The van der Waals surface area contributed by atoms with Gasteiger partial charge in [0.2, 0.25) is 0 Å². The number of likely N-dealkylation sites (tertiary alicyclic amines) is 1. The first kappa shape index (κ1) is 23.1. The Morgan fingerprint density at radius 2 is 1.97 bits per heavy atom. The van der Waals surface area contributed by atoms with E-state index in [9.17, 15) is 13.2 Å². The van der Waals surface area contributed by atoms with Gasteiger partial charge in [-0.15, -0.1) is 0 Å². The normalized spacial score (nSPS) is 19.4. The third-order valence-electron chi connectivity index (χ3n) is 6.29. The summed E-state index contributed by atoms with van der Waals surface area (Å²) in [7, 11) is -3.81. The van der Waals surface area contributed by atoms with Crippen molar-refractivity contribution in [2.24, 2.45) is 5.92 Å². The summed E-state index contributed by atoms with van der Waals surface area (Å²) < 4.78 is 28.3. The van der Waals surface area contributed by atoms with Crippen LogP contribution in [-0.4, -0.2) is 51.9 Å². The number of sulfonamides is 1. The van der Waals surface area contributed by atoms with Crippen LogP contribution in [-0.2, 0) is 16.4 Å². The fourth-order valence-corrected chi connectivity index (χ4v) is 6.40. The van der Waals surface area contributed by atoms with Gasteiger partial charge >= 0.3 is 0 Å². The van der Waals surface area contributed by atoms with Crippen molar-refractivity contribution in [3.05, 3.63) is 58.6 Å². The quantitative estimate of drug-likeness (QED) is 0.687. The minimum Gasteiger partial charge on any atom is -0.351 e. The standard InChI is InChI=1S/C24H30ClN3O3S/c1-18-6-4-13-27(17-18)15-12-26-24(29)21-16-20(10-11-22(21)25)32(30,31)28-14-5-8-19-7-2-3-9-23(19)28/h2-3,7,9-11,16,18H,4-6,8,12-15,17H2,1H3,(H,26,29). The number of hydrogen-bond donors (Lipinski definition) is 1. The Balaban J connectivity index is 1.49. The Morgan fingerprint density at radius 1 is 1.16 bits per heavy atom. The molecule has 1 unspecified atom stereocenters. The van der Waals surface area contributed by atoms with Crippen molar-refractivity contribution < 1.29 is 13.2 Å². The van der Waals surface area contributed by atoms with Gasteiger partial charge in [0.1, 0.15) is 0 Å². The highest BCUT2D eigenvalue weighted by Gasteiger charge is 2.30. The third-order valence-corrected chi connectivity index (χ3v) is 8.43. The average molecular weight is 476 g/mol. The van der Waals surface area contributed by atoms with Gasteiger partial charge in [0.25, 0.3) is 15.9 Å². The van der Waals surface area contributed by atoms with Crippen LogP contribution < -0.4 is 9.62 Å². The van der Waals surface area contributed by atoms with Gasteiger partial charge in [-0.05, 0) is 68.0 Å². The molecule has 2 aromatic carbocycles. The van der Waals surface area contributed by atoms with Gasteiger partial charge in [-0.25, -0.2) is 8.42 Å². The molecule has 1 amide bonds. The first-order valence-electron chi connectivity index (χ1n) is 11.3. The van der Waals surface area contributed by atoms with E-state index in [1.54, 1.807) is 0 Å². The number of benzene rings is 2. The number of carbonyl (C=O) groups excluding carboxylic acids is 1. The van der Waals surface area contributed by atoms with E-state index in [0.717, 1.165) is 38.0 Å². The fraction of sp³-hybridized carbons (Fsp3) is 0.458. The highest BCUT2D eigenvalue weighted by atomic mass is 35.5. The Kier molecular flexibility index (Phi) is 7.08. The predicted molar refractivity (Wildman–Crippen MR) is 128 cm³/mol. The minimum absolute atomic E-state index is 0.0774. The van der Waals surface area contributed by atoms with Gasteiger partial charge in [-0.2, -0.15) is 0 Å². The molecule has 2 aliphatic heterocycles. The SMILES string of the molecule is CC1CCCN(CCNC(=O)c2cc(S(=O)(=O)N3CCCc4ccccc43)ccc2Cl)C1. The van der Waals surface area contributed by atoms with Crippen molar-refractivity contribution in [2.75, 3.05) is 37.0 Å². The first-order valence-corrected chi connectivity index (χ1v) is 13.1. The van der Waals surface area contributed by atoms with Crippen LogP contribution in [0.2, 0.25) is 5.02 Å². The molecule has 6 nitrogen and oxygen atoms in total. The van der Waals surface area contributed by atoms with Crippen LogP contribution in [0, 0.1) is 5.92 Å². The third kappa shape index (κ3) is 4.95. The second-order valence-corrected chi connectivity index (χ2v) is 11.0. The van der Waals surface area contributed by atoms with Gasteiger partial charge in [-0.3, -0.25) is 9.10 Å². The van der Waals surface area contributed by atoms with Gasteiger partial charge < -0.3 is 10.2 Å². The lowest BCUT2D eigenvalue weighted by atomic mass is 10.0. The maximum absolute atomic E-state index is 13.4. The molecular weight excluding hydrogens is 446 g/mol. The van der Waals surface area contributed by atoms with Crippen molar-refractivity contribution in [3.8, 4) is 0 Å². The summed E-state index contributed by atoms with van der Waals surface area (Å²) in [6.07, 6.45) is 4.04. The van der Waals surface area contributed by atoms with Gasteiger partial charge in [-0.1, -0.05) is 36.7 Å². The summed E-state index contributed by atoms with van der Waals surface area (Å²) in [5.74, 6) is 0.326. The van der Waals surface area contributed by atoms with E-state index in [1.807, 2.05) is 24.3 Å². The lowest BCUT2D eigenvalue weighted by Crippen LogP contribution is -2.40. The number of nitrogens with zero attached hydrogens (tertiary/aromatic N) is 2. The van der Waals surface area contributed by atoms with Gasteiger partial charge in [0, 0.05) is 26.2 Å². The molecule has 0 radical (unpaired) electrons. The second-order valence-electron chi connectivity index (χ2n) is 8.76. The average Bonchev–Trinajstić information content (AvgIpc) is 2.78. The Hall–Kier alpha value is -2.09. The molecule has 172 valence electrons. The molecule has 1 atom stereocenters. The van der Waals surface area contributed by atoms with Crippen LogP contribution in [0.25, 0.3) is 0 Å². The Bertz CT molecular complexity index is 1090. The number of carbonyl (C=O) groups is 1. The molecule has 32 heavy (non-hydrogen) atoms. The zero-order chi connectivity index (χ0) is 22.7. The number of para-hydroxylation sites is 1. The number of amides is 1. The summed E-state index contributed by atoms with van der Waals surface area (Å²) in [6, 6.07) is 11.9. The maximum Gasteiger partial charge on any atom is 0.264 e. The summed E-state index contributed by atoms with van der Waals surface area (Å²) in [5, 5.41) is 3.14. The van der Waals surface area contributed by atoms with Crippen LogP contribution in [0.5, 0.6) is 0 Å². The monoisotopic (exact) mass is 475 g/mol. The van der Waals surface area contributed by atoms with Gasteiger partial charge in [0.15, 0.2) is 0 Å². The molecule has 1 saturated heterocycles. The first-order chi connectivity index (χ1) is 15.4. The van der Waals surface area contributed by atoms with E-state index < -0.39 is 10.0 Å². The topological polar surface area (TPSA) is 69.7 Å². The number of anilines is 1. The number of rotatable bonds is 6. The molecule has 8 heteroatoms. The number of piperidine rings is 1. The molecule has 1 N–H and O–H groups in total. The molecule has 0 saturated carbocycles. The molecular formula is C24H30ClN3O3S. The minimum atomic E-state index is -3.81. The van der Waals surface area contributed by atoms with Gasteiger partial charge in [0.05, 0.1) is 21.2 Å². The summed E-state index contributed by atoms with van der Waals surface area (Å²) >= 11 is 6.28. The smallest absolute Gasteiger partial charge is 0.264 e. The molecule has 0 bridgehead atoms. The number of nitrogens with one attached hydrogen (secondary N) is 1. The molecule has 0 aliphatic carbocycles. The molecule has 1 fully saturated rings. The summed E-state index contributed by atoms with van der Waals surface area (Å²) in [5.41, 5.74) is 1.90. The number of aryl methyl sites for hydroxylation is 1. The highest BCUT2D eigenvalue weighted by Crippen LogP contribution is 2.32. The molecule has 4 rings (SSSR count). The zero-order valence-electron chi connectivity index (χ0n) is 18.4. The number of hydrogen-bond acceptors (Lipinski definition) is 4. The summed E-state index contributed by atoms with van der Waals surface area (Å²) in [4.78, 5) is 15.2. The highest BCUT2D eigenvalue weighted by molar-refractivity contribution is 7.92. The van der Waals surface area contributed by atoms with Crippen molar-refractivity contribution in [3.63, 3.8) is 0 Å². The molecule has 2 aliphatic rings. The van der Waals surface area contributed by atoms with Crippen LogP contribution in [0.4, 0.5) is 5.69 Å². The van der Waals surface area contributed by atoms with E-state index in [0.29, 0.717) is 24.7 Å². The largest absolute Gasteiger partial charge is 0.351 e. The van der Waals surface area contributed by atoms with E-state index in [4.69, 9.17) is 11.6 Å². The van der Waals surface area contributed by atoms with Crippen molar-refractivity contribution in [1.82, 2.24) is 10.2 Å². The summed E-state index contributed by atoms with van der Waals surface area (Å²) in [6.45, 7) is 6.03. The molecule has 0 spiro atoms. The van der Waals surface area contributed by atoms with E-state index >= 15 is 0 Å². The molecule has 0 aromatic heterocycles. The van der Waals surface area contributed by atoms with Crippen LogP contribution in [0.15, 0.2) is 47.4 Å². The second kappa shape index (κ2) is 9.81. The van der Waals surface area contributed by atoms with Crippen LogP contribution >= 0.6 is 11.6 Å². The van der Waals surface area contributed by atoms with Crippen molar-refractivity contribution >= 4 is 33.2 Å². The maximum atomic E-state index is 13.4. The van der Waals surface area contributed by atoms with Crippen LogP contribution in [0.1, 0.15) is 42.1 Å². The lowest BCUT2D eigenvalue weighted by molar-refractivity contribution is 0.0943. The van der Waals surface area contributed by atoms with E-state index in [1.165, 1.54) is 35.3 Å². The number of fused-ring (bicyclic) bond motifs is 1. The zero-order valence-corrected chi connectivity index (χ0v) is 20.0. The van der Waals surface area contributed by atoms with Crippen molar-refractivity contribution in [2.45, 2.75) is 37.5 Å². The Labute approximate surface area is 195 Å². The lowest BCUT2D eigenvalue weighted by Gasteiger charge is -2.31. The molecule has 2 aromatic rings. The Morgan fingerprint density at radius 3 is 2.78 bits per heavy atom. The number of halogens is 1. The van der Waals surface area contributed by atoms with Crippen molar-refractivity contribution in [1.29, 1.82) is 0 Å². The fourth-order valence-electron chi connectivity index (χ4n) is 4.63. The predicted octanol–water partition coefficient (Wildman–Crippen LogP) is 3.94. The van der Waals surface area contributed by atoms with E-state index in [-0.39, 0.29) is 21.4 Å². The van der Waals surface area contributed by atoms with E-state index in [2.05, 4.69) is 17.1 Å². The van der Waals surface area contributed by atoms with Crippen LogP contribution in [0.3, 0.4) is 0 Å².